The number of aromatic hydroxyl groups is 1. The van der Waals surface area contributed by atoms with Crippen molar-refractivity contribution in [3.8, 4) is 11.5 Å². The van der Waals surface area contributed by atoms with Crippen LogP contribution in [0.1, 0.15) is 22.8 Å². The maximum Gasteiger partial charge on any atom is 0.342 e. The second kappa shape index (κ2) is 5.26. The van der Waals surface area contributed by atoms with E-state index in [-0.39, 0.29) is 11.3 Å². The fraction of sp³-hybridized carbons (Fsp3) is 0.312. The number of hydrogen-bond acceptors (Lipinski definition) is 5. The summed E-state index contributed by atoms with van der Waals surface area (Å²) in [5.41, 5.74) is 0.796. The number of rotatable bonds is 3. The highest BCUT2D eigenvalue weighted by Gasteiger charge is 2.33. The first-order valence-corrected chi connectivity index (χ1v) is 6.80. The van der Waals surface area contributed by atoms with Crippen LogP contribution in [0.3, 0.4) is 0 Å². The number of hydrogen-bond donors (Lipinski definition) is 1. The summed E-state index contributed by atoms with van der Waals surface area (Å²) >= 11 is 0. The molecule has 0 amide bonds. The van der Waals surface area contributed by atoms with E-state index in [1.807, 2.05) is 19.1 Å². The first kappa shape index (κ1) is 13.7. The molecule has 2 aromatic rings. The predicted molar refractivity (Wildman–Crippen MR) is 76.7 cm³/mol. The van der Waals surface area contributed by atoms with E-state index in [1.165, 1.54) is 7.11 Å². The van der Waals surface area contributed by atoms with Crippen LogP contribution in [-0.4, -0.2) is 31.1 Å². The lowest BCUT2D eigenvalue weighted by Gasteiger charge is -2.12. The van der Waals surface area contributed by atoms with Crippen molar-refractivity contribution in [3.05, 3.63) is 35.4 Å². The van der Waals surface area contributed by atoms with Crippen LogP contribution in [0.15, 0.2) is 24.3 Å². The van der Waals surface area contributed by atoms with Crippen LogP contribution in [0.25, 0.3) is 10.8 Å². The van der Waals surface area contributed by atoms with Gasteiger partial charge in [0.05, 0.1) is 7.11 Å². The molecule has 0 saturated carbocycles. The van der Waals surface area contributed by atoms with Crippen LogP contribution in [0, 0.1) is 0 Å². The monoisotopic (exact) mass is 288 g/mol. The summed E-state index contributed by atoms with van der Waals surface area (Å²) in [5.74, 6) is -0.0607. The molecule has 21 heavy (non-hydrogen) atoms. The zero-order valence-electron chi connectivity index (χ0n) is 11.9. The zero-order chi connectivity index (χ0) is 15.0. The Kier molecular flexibility index (Phi) is 3.43. The normalized spacial score (nSPS) is 16.6. The van der Waals surface area contributed by atoms with E-state index >= 15 is 0 Å². The highest BCUT2D eigenvalue weighted by atomic mass is 16.7. The first-order valence-electron chi connectivity index (χ1n) is 6.80. The van der Waals surface area contributed by atoms with Crippen molar-refractivity contribution in [2.45, 2.75) is 19.6 Å². The SMILES string of the molecule is CCOC1Cc2c(C(=O)OC)c(O)c3ccccc3c2O1. The van der Waals surface area contributed by atoms with Gasteiger partial charge in [-0.1, -0.05) is 24.3 Å². The molecule has 1 atom stereocenters. The van der Waals surface area contributed by atoms with Crippen LogP contribution < -0.4 is 4.74 Å². The van der Waals surface area contributed by atoms with Crippen LogP contribution in [0.4, 0.5) is 0 Å². The van der Waals surface area contributed by atoms with Crippen molar-refractivity contribution < 1.29 is 24.1 Å². The highest BCUT2D eigenvalue weighted by Crippen LogP contribution is 2.44. The van der Waals surface area contributed by atoms with Crippen LogP contribution in [-0.2, 0) is 15.9 Å². The van der Waals surface area contributed by atoms with E-state index in [4.69, 9.17) is 14.2 Å². The number of ether oxygens (including phenoxy) is 3. The summed E-state index contributed by atoms with van der Waals surface area (Å²) in [4.78, 5) is 12.0. The molecule has 3 rings (SSSR count). The van der Waals surface area contributed by atoms with E-state index in [1.54, 1.807) is 12.1 Å². The zero-order valence-corrected chi connectivity index (χ0v) is 11.9. The van der Waals surface area contributed by atoms with Gasteiger partial charge in [0.1, 0.15) is 17.1 Å². The summed E-state index contributed by atoms with van der Waals surface area (Å²) in [6.07, 6.45) is -0.0370. The number of benzene rings is 2. The largest absolute Gasteiger partial charge is 0.506 e. The van der Waals surface area contributed by atoms with Gasteiger partial charge in [0.15, 0.2) is 0 Å². The van der Waals surface area contributed by atoms with Crippen molar-refractivity contribution in [2.75, 3.05) is 13.7 Å². The van der Waals surface area contributed by atoms with Crippen molar-refractivity contribution in [1.82, 2.24) is 0 Å². The summed E-state index contributed by atoms with van der Waals surface area (Å²) < 4.78 is 16.1. The summed E-state index contributed by atoms with van der Waals surface area (Å²) in [5, 5.41) is 11.8. The molecule has 1 N–H and O–H groups in total. The number of methoxy groups -OCH3 is 1. The molecule has 5 heteroatoms. The van der Waals surface area contributed by atoms with Crippen molar-refractivity contribution in [2.24, 2.45) is 0 Å². The van der Waals surface area contributed by atoms with Gasteiger partial charge in [-0.15, -0.1) is 0 Å². The van der Waals surface area contributed by atoms with E-state index in [0.717, 1.165) is 5.39 Å². The Labute approximate surface area is 122 Å². The molecule has 2 aromatic carbocycles. The smallest absolute Gasteiger partial charge is 0.342 e. The topological polar surface area (TPSA) is 65.0 Å². The van der Waals surface area contributed by atoms with Gasteiger partial charge in [-0.25, -0.2) is 4.79 Å². The summed E-state index contributed by atoms with van der Waals surface area (Å²) in [6, 6.07) is 7.25. The van der Waals surface area contributed by atoms with Gasteiger partial charge in [0, 0.05) is 29.4 Å². The quantitative estimate of drug-likeness (QED) is 0.880. The van der Waals surface area contributed by atoms with Crippen molar-refractivity contribution >= 4 is 16.7 Å². The third kappa shape index (κ3) is 2.10. The van der Waals surface area contributed by atoms with Crippen LogP contribution >= 0.6 is 0 Å². The lowest BCUT2D eigenvalue weighted by atomic mass is 9.97. The maximum absolute atomic E-state index is 12.0. The number of phenolic OH excluding ortho intramolecular Hbond substituents is 1. The second-order valence-corrected chi connectivity index (χ2v) is 4.78. The average Bonchev–Trinajstić information content (AvgIpc) is 2.91. The van der Waals surface area contributed by atoms with Gasteiger partial charge in [-0.05, 0) is 6.92 Å². The average molecular weight is 288 g/mol. The first-order chi connectivity index (χ1) is 10.2. The van der Waals surface area contributed by atoms with Gasteiger partial charge >= 0.3 is 5.97 Å². The van der Waals surface area contributed by atoms with Gasteiger partial charge in [0.25, 0.3) is 0 Å². The fourth-order valence-corrected chi connectivity index (χ4v) is 2.71. The van der Waals surface area contributed by atoms with Gasteiger partial charge < -0.3 is 19.3 Å². The number of carbonyl (C=O) groups excluding carboxylic acids is 1. The minimum Gasteiger partial charge on any atom is -0.506 e. The summed E-state index contributed by atoms with van der Waals surface area (Å²) in [7, 11) is 1.29. The number of carbonyl (C=O) groups is 1. The van der Waals surface area contributed by atoms with Gasteiger partial charge in [-0.3, -0.25) is 0 Å². The number of phenols is 1. The Morgan fingerprint density at radius 3 is 2.76 bits per heavy atom. The molecule has 1 aliphatic heterocycles. The van der Waals surface area contributed by atoms with E-state index < -0.39 is 12.3 Å². The third-order valence-electron chi connectivity index (χ3n) is 3.60. The molecular weight excluding hydrogens is 272 g/mol. The Bertz CT molecular complexity index is 707. The van der Waals surface area contributed by atoms with E-state index in [9.17, 15) is 9.90 Å². The van der Waals surface area contributed by atoms with E-state index in [0.29, 0.717) is 29.7 Å². The number of fused-ring (bicyclic) bond motifs is 3. The standard InChI is InChI=1S/C16H16O5/c1-3-20-12-8-11-13(16(18)19-2)14(17)9-6-4-5-7-10(9)15(11)21-12/h4-7,12,17H,3,8H2,1-2H3. The lowest BCUT2D eigenvalue weighted by Crippen LogP contribution is -2.17. The molecule has 0 bridgehead atoms. The van der Waals surface area contributed by atoms with Gasteiger partial charge in [0.2, 0.25) is 6.29 Å². The van der Waals surface area contributed by atoms with Crippen molar-refractivity contribution in [3.63, 3.8) is 0 Å². The Morgan fingerprint density at radius 2 is 2.10 bits per heavy atom. The second-order valence-electron chi connectivity index (χ2n) is 4.78. The summed E-state index contributed by atoms with van der Waals surface area (Å²) in [6.45, 7) is 2.39. The predicted octanol–water partition coefficient (Wildman–Crippen LogP) is 2.63. The number of esters is 1. The molecule has 0 aliphatic carbocycles. The Morgan fingerprint density at radius 1 is 1.38 bits per heavy atom. The lowest BCUT2D eigenvalue weighted by molar-refractivity contribution is -0.0596. The molecule has 0 radical (unpaired) electrons. The molecule has 1 heterocycles. The molecule has 5 nitrogen and oxygen atoms in total. The Hall–Kier alpha value is -2.27. The molecule has 0 saturated heterocycles. The molecule has 1 aliphatic rings. The molecule has 0 aromatic heterocycles. The molecule has 0 fully saturated rings. The van der Waals surface area contributed by atoms with E-state index in [2.05, 4.69) is 0 Å². The highest BCUT2D eigenvalue weighted by molar-refractivity contribution is 6.06. The minimum atomic E-state index is -0.574. The third-order valence-corrected chi connectivity index (χ3v) is 3.60. The minimum absolute atomic E-state index is 0.0723. The molecule has 110 valence electrons. The Balaban J connectivity index is 2.26. The molecule has 1 unspecified atom stereocenters. The van der Waals surface area contributed by atoms with Gasteiger partial charge in [-0.2, -0.15) is 0 Å². The molecular formula is C16H16O5. The maximum atomic E-state index is 12.0. The van der Waals surface area contributed by atoms with Crippen LogP contribution in [0.2, 0.25) is 0 Å². The van der Waals surface area contributed by atoms with Crippen LogP contribution in [0.5, 0.6) is 11.5 Å². The molecule has 0 spiro atoms. The fourth-order valence-electron chi connectivity index (χ4n) is 2.71. The van der Waals surface area contributed by atoms with Crippen molar-refractivity contribution in [1.29, 1.82) is 0 Å².